The van der Waals surface area contributed by atoms with Gasteiger partial charge in [-0.1, -0.05) is 25.4 Å². The maximum Gasteiger partial charge on any atom is 0.0611 e. The molecule has 0 aliphatic carbocycles. The second-order valence-corrected chi connectivity index (χ2v) is 2.36. The molecule has 1 aromatic heterocycles. The molecule has 2 heteroatoms. The lowest BCUT2D eigenvalue weighted by atomic mass is 10.4. The Balaban J connectivity index is 0.000000371. The Hall–Kier alpha value is -0.430. The summed E-state index contributed by atoms with van der Waals surface area (Å²) in [6.45, 7) is 5.99. The average Bonchev–Trinajstić information content (AvgIpc) is 2.16. The number of nitrogens with zero attached hydrogens (tertiary/aromatic N) is 1. The number of hydrogen-bond donors (Lipinski definition) is 0. The molecule has 0 unspecified atom stereocenters. The topological polar surface area (TPSA) is 4.93 Å². The van der Waals surface area contributed by atoms with E-state index in [-0.39, 0.29) is 0 Å². The van der Waals surface area contributed by atoms with Crippen LogP contribution >= 0.6 is 11.6 Å². The Bertz CT molecular complexity index is 172. The van der Waals surface area contributed by atoms with Crippen molar-refractivity contribution in [2.45, 2.75) is 20.8 Å². The van der Waals surface area contributed by atoms with Gasteiger partial charge in [-0.15, -0.1) is 0 Å². The first kappa shape index (κ1) is 9.57. The summed E-state index contributed by atoms with van der Waals surface area (Å²) in [5, 5.41) is 0.840. The summed E-state index contributed by atoms with van der Waals surface area (Å²) in [7, 11) is 1.96. The van der Waals surface area contributed by atoms with Gasteiger partial charge in [0.1, 0.15) is 0 Å². The molecule has 0 atom stereocenters. The van der Waals surface area contributed by atoms with Gasteiger partial charge >= 0.3 is 0 Å². The molecule has 0 amide bonds. The molecule has 0 saturated carbocycles. The fourth-order valence-electron chi connectivity index (χ4n) is 0.685. The van der Waals surface area contributed by atoms with Crippen LogP contribution in [-0.2, 0) is 7.05 Å². The maximum absolute atomic E-state index is 5.71. The Morgan fingerprint density at radius 3 is 1.90 bits per heavy atom. The number of hydrogen-bond acceptors (Lipinski definition) is 0. The first-order valence-corrected chi connectivity index (χ1v) is 3.86. The van der Waals surface area contributed by atoms with Crippen molar-refractivity contribution < 1.29 is 0 Å². The minimum absolute atomic E-state index is 0.840. The molecule has 1 aromatic rings. The summed E-state index contributed by atoms with van der Waals surface area (Å²) < 4.78 is 1.94. The Morgan fingerprint density at radius 1 is 1.30 bits per heavy atom. The van der Waals surface area contributed by atoms with Crippen molar-refractivity contribution in [3.05, 3.63) is 23.0 Å². The third kappa shape index (κ3) is 2.44. The second-order valence-electron chi connectivity index (χ2n) is 1.95. The predicted molar refractivity (Wildman–Crippen MR) is 46.5 cm³/mol. The first-order chi connectivity index (χ1) is 4.70. The first-order valence-electron chi connectivity index (χ1n) is 3.48. The van der Waals surface area contributed by atoms with Crippen molar-refractivity contribution in [1.29, 1.82) is 0 Å². The van der Waals surface area contributed by atoms with Crippen LogP contribution in [0.3, 0.4) is 0 Å². The summed E-state index contributed by atoms with van der Waals surface area (Å²) in [5.74, 6) is 0. The molecule has 0 fully saturated rings. The Labute approximate surface area is 67.6 Å². The molecule has 0 aliphatic rings. The largest absolute Gasteiger partial charge is 0.355 e. The zero-order valence-electron chi connectivity index (χ0n) is 6.98. The van der Waals surface area contributed by atoms with E-state index >= 15 is 0 Å². The van der Waals surface area contributed by atoms with E-state index in [1.807, 2.05) is 44.8 Å². The van der Waals surface area contributed by atoms with Gasteiger partial charge in [-0.2, -0.15) is 0 Å². The third-order valence-electron chi connectivity index (χ3n) is 1.09. The van der Waals surface area contributed by atoms with E-state index in [9.17, 15) is 0 Å². The van der Waals surface area contributed by atoms with Gasteiger partial charge < -0.3 is 4.57 Å². The molecule has 1 heterocycles. The normalized spacial score (nSPS) is 8.50. The van der Waals surface area contributed by atoms with Gasteiger partial charge in [-0.05, 0) is 12.5 Å². The van der Waals surface area contributed by atoms with E-state index in [4.69, 9.17) is 11.6 Å². The minimum atomic E-state index is 0.840. The Kier molecular flexibility index (Phi) is 4.21. The van der Waals surface area contributed by atoms with Crippen molar-refractivity contribution in [1.82, 2.24) is 4.57 Å². The SMILES string of the molecule is CC.Cc1cn(C)cc1Cl. The maximum atomic E-state index is 5.71. The summed E-state index contributed by atoms with van der Waals surface area (Å²) in [5.41, 5.74) is 1.13. The molecule has 0 N–H and O–H groups in total. The summed E-state index contributed by atoms with van der Waals surface area (Å²) >= 11 is 5.71. The van der Waals surface area contributed by atoms with Gasteiger partial charge in [-0.3, -0.25) is 0 Å². The molecule has 10 heavy (non-hydrogen) atoms. The molecular formula is C8H14ClN. The summed E-state index contributed by atoms with van der Waals surface area (Å²) in [6.07, 6.45) is 3.87. The van der Waals surface area contributed by atoms with Gasteiger partial charge in [0, 0.05) is 19.4 Å². The second kappa shape index (κ2) is 4.40. The van der Waals surface area contributed by atoms with Gasteiger partial charge in [0.15, 0.2) is 0 Å². The van der Waals surface area contributed by atoms with E-state index in [1.54, 1.807) is 0 Å². The lowest BCUT2D eigenvalue weighted by Crippen LogP contribution is -1.76. The number of halogens is 1. The van der Waals surface area contributed by atoms with E-state index in [0.29, 0.717) is 0 Å². The molecular weight excluding hydrogens is 146 g/mol. The van der Waals surface area contributed by atoms with Crippen LogP contribution in [0.2, 0.25) is 5.02 Å². The van der Waals surface area contributed by atoms with Crippen LogP contribution in [0.15, 0.2) is 12.4 Å². The average molecular weight is 160 g/mol. The van der Waals surface area contributed by atoms with Crippen molar-refractivity contribution in [2.75, 3.05) is 0 Å². The summed E-state index contributed by atoms with van der Waals surface area (Å²) in [4.78, 5) is 0. The molecule has 0 aromatic carbocycles. The monoisotopic (exact) mass is 159 g/mol. The zero-order chi connectivity index (χ0) is 8.15. The van der Waals surface area contributed by atoms with E-state index in [0.717, 1.165) is 10.6 Å². The highest BCUT2D eigenvalue weighted by molar-refractivity contribution is 6.31. The van der Waals surface area contributed by atoms with Gasteiger partial charge in [0.25, 0.3) is 0 Å². The highest BCUT2D eigenvalue weighted by Crippen LogP contribution is 2.13. The fourth-order valence-corrected chi connectivity index (χ4v) is 0.888. The zero-order valence-corrected chi connectivity index (χ0v) is 7.74. The lowest BCUT2D eigenvalue weighted by Gasteiger charge is -1.80. The molecule has 1 nitrogen and oxygen atoms in total. The Morgan fingerprint density at radius 2 is 1.80 bits per heavy atom. The van der Waals surface area contributed by atoms with Crippen LogP contribution in [-0.4, -0.2) is 4.57 Å². The quantitative estimate of drug-likeness (QED) is 0.549. The van der Waals surface area contributed by atoms with Gasteiger partial charge in [-0.25, -0.2) is 0 Å². The van der Waals surface area contributed by atoms with E-state index in [2.05, 4.69) is 0 Å². The van der Waals surface area contributed by atoms with Crippen LogP contribution in [0.4, 0.5) is 0 Å². The molecule has 58 valence electrons. The predicted octanol–water partition coefficient (Wildman–Crippen LogP) is 3.01. The molecule has 0 saturated heterocycles. The van der Waals surface area contributed by atoms with E-state index in [1.165, 1.54) is 0 Å². The van der Waals surface area contributed by atoms with Crippen LogP contribution in [0.5, 0.6) is 0 Å². The molecule has 0 aliphatic heterocycles. The number of rotatable bonds is 0. The van der Waals surface area contributed by atoms with Crippen LogP contribution in [0.25, 0.3) is 0 Å². The van der Waals surface area contributed by atoms with Gasteiger partial charge in [0.2, 0.25) is 0 Å². The van der Waals surface area contributed by atoms with E-state index < -0.39 is 0 Å². The standard InChI is InChI=1S/C6H8ClN.C2H6/c1-5-3-8(2)4-6(5)7;1-2/h3-4H,1-2H3;1-2H3. The van der Waals surface area contributed by atoms with Crippen molar-refractivity contribution in [2.24, 2.45) is 7.05 Å². The summed E-state index contributed by atoms with van der Waals surface area (Å²) in [6, 6.07) is 0. The highest BCUT2D eigenvalue weighted by atomic mass is 35.5. The number of aryl methyl sites for hydroxylation is 2. The smallest absolute Gasteiger partial charge is 0.0611 e. The highest BCUT2D eigenvalue weighted by Gasteiger charge is 1.93. The fraction of sp³-hybridized carbons (Fsp3) is 0.500. The molecule has 0 spiro atoms. The van der Waals surface area contributed by atoms with Crippen molar-refractivity contribution in [3.63, 3.8) is 0 Å². The minimum Gasteiger partial charge on any atom is -0.355 e. The van der Waals surface area contributed by atoms with Crippen molar-refractivity contribution >= 4 is 11.6 Å². The van der Waals surface area contributed by atoms with Crippen molar-refractivity contribution in [3.8, 4) is 0 Å². The molecule has 0 radical (unpaired) electrons. The molecule has 0 bridgehead atoms. The van der Waals surface area contributed by atoms with Crippen LogP contribution < -0.4 is 0 Å². The lowest BCUT2D eigenvalue weighted by molar-refractivity contribution is 0.925. The number of aromatic nitrogens is 1. The molecule has 1 rings (SSSR count). The van der Waals surface area contributed by atoms with Crippen LogP contribution in [0, 0.1) is 6.92 Å². The third-order valence-corrected chi connectivity index (χ3v) is 1.49. The van der Waals surface area contributed by atoms with Crippen LogP contribution in [0.1, 0.15) is 19.4 Å². The van der Waals surface area contributed by atoms with Gasteiger partial charge in [0.05, 0.1) is 5.02 Å².